The van der Waals surface area contributed by atoms with E-state index in [0.717, 1.165) is 16.7 Å². The number of anilines is 2. The third-order valence-electron chi connectivity index (χ3n) is 3.74. The second-order valence-corrected chi connectivity index (χ2v) is 8.07. The molecule has 2 aromatic rings. The third-order valence-corrected chi connectivity index (χ3v) is 3.74. The summed E-state index contributed by atoms with van der Waals surface area (Å²) in [5, 5.41) is 10.7. The number of aromatic hydroxyl groups is 1. The first-order chi connectivity index (χ1) is 11.4. The second kappa shape index (κ2) is 6.31. The molecule has 0 saturated heterocycles. The predicted octanol–water partition coefficient (Wildman–Crippen LogP) is 3.09. The van der Waals surface area contributed by atoms with E-state index in [0.29, 0.717) is 5.75 Å². The number of nitrogens with zero attached hydrogens (tertiary/aromatic N) is 4. The monoisotopic (exact) mass is 342 g/mol. The Bertz CT molecular complexity index is 760. The lowest BCUT2D eigenvalue weighted by Gasteiger charge is -2.27. The van der Waals surface area contributed by atoms with Gasteiger partial charge in [0.2, 0.25) is 11.9 Å². The van der Waals surface area contributed by atoms with Gasteiger partial charge >= 0.3 is 0 Å². The summed E-state index contributed by atoms with van der Waals surface area (Å²) in [4.78, 5) is 15.8. The molecular weight excluding hydrogens is 316 g/mol. The van der Waals surface area contributed by atoms with E-state index < -0.39 is 0 Å². The first-order valence-electron chi connectivity index (χ1n) is 8.07. The summed E-state index contributed by atoms with van der Waals surface area (Å²) in [6.45, 7) is 12.3. The molecule has 25 heavy (non-hydrogen) atoms. The molecule has 0 saturated carbocycles. The Kier molecular flexibility index (Phi) is 4.70. The highest BCUT2D eigenvalue weighted by atomic mass is 16.3. The standard InChI is InChI=1S/C18H26N6O/c1-17(2,3)11-7-10(8-12(13(11)25)18(4,5)6)9-21-16-23-14(19)22-15(20)24-16/h7-9,25H,1-6H3,(H4,19,20,22,23,24)/b21-9+. The van der Waals surface area contributed by atoms with Crippen LogP contribution in [0.25, 0.3) is 0 Å². The summed E-state index contributed by atoms with van der Waals surface area (Å²) >= 11 is 0. The minimum Gasteiger partial charge on any atom is -0.507 e. The van der Waals surface area contributed by atoms with Gasteiger partial charge in [-0.05, 0) is 28.5 Å². The molecule has 0 aliphatic rings. The number of aromatic nitrogens is 3. The molecule has 1 heterocycles. The van der Waals surface area contributed by atoms with Crippen molar-refractivity contribution in [3.63, 3.8) is 0 Å². The maximum absolute atomic E-state index is 10.7. The third kappa shape index (κ3) is 4.43. The molecule has 0 spiro atoms. The number of nitrogens with two attached hydrogens (primary N) is 2. The van der Waals surface area contributed by atoms with Crippen molar-refractivity contribution in [2.24, 2.45) is 4.99 Å². The van der Waals surface area contributed by atoms with E-state index in [4.69, 9.17) is 11.5 Å². The Morgan fingerprint density at radius 2 is 1.32 bits per heavy atom. The molecule has 134 valence electrons. The van der Waals surface area contributed by atoms with Gasteiger partial charge in [-0.1, -0.05) is 41.5 Å². The number of rotatable bonds is 2. The fourth-order valence-corrected chi connectivity index (χ4v) is 2.46. The molecule has 2 rings (SSSR count). The largest absolute Gasteiger partial charge is 0.507 e. The van der Waals surface area contributed by atoms with Crippen molar-refractivity contribution in [1.82, 2.24) is 15.0 Å². The Morgan fingerprint density at radius 3 is 1.72 bits per heavy atom. The minimum absolute atomic E-state index is 0.0242. The lowest BCUT2D eigenvalue weighted by molar-refractivity contribution is 0.423. The molecule has 1 aromatic heterocycles. The van der Waals surface area contributed by atoms with E-state index in [9.17, 15) is 5.11 Å². The number of hydrogen-bond donors (Lipinski definition) is 3. The quantitative estimate of drug-likeness (QED) is 0.721. The molecule has 0 aliphatic carbocycles. The molecule has 0 unspecified atom stereocenters. The molecule has 7 heteroatoms. The van der Waals surface area contributed by atoms with Gasteiger partial charge in [-0.3, -0.25) is 0 Å². The van der Waals surface area contributed by atoms with Gasteiger partial charge < -0.3 is 16.6 Å². The van der Waals surface area contributed by atoms with Crippen LogP contribution < -0.4 is 11.5 Å². The van der Waals surface area contributed by atoms with Crippen LogP contribution in [0.15, 0.2) is 17.1 Å². The van der Waals surface area contributed by atoms with E-state index in [1.54, 1.807) is 6.21 Å². The lowest BCUT2D eigenvalue weighted by atomic mass is 9.78. The number of nitrogen functional groups attached to an aromatic ring is 2. The van der Waals surface area contributed by atoms with Crippen molar-refractivity contribution in [3.05, 3.63) is 28.8 Å². The van der Waals surface area contributed by atoms with E-state index in [1.165, 1.54) is 0 Å². The molecule has 5 N–H and O–H groups in total. The van der Waals surface area contributed by atoms with E-state index in [-0.39, 0.29) is 28.7 Å². The lowest BCUT2D eigenvalue weighted by Crippen LogP contribution is -2.17. The van der Waals surface area contributed by atoms with Gasteiger partial charge in [-0.15, -0.1) is 0 Å². The maximum Gasteiger partial charge on any atom is 0.255 e. The van der Waals surface area contributed by atoms with Gasteiger partial charge in [0, 0.05) is 17.3 Å². The fraction of sp³-hybridized carbons (Fsp3) is 0.444. The van der Waals surface area contributed by atoms with Crippen molar-refractivity contribution in [2.75, 3.05) is 11.5 Å². The van der Waals surface area contributed by atoms with Crippen molar-refractivity contribution in [2.45, 2.75) is 52.4 Å². The van der Waals surface area contributed by atoms with E-state index >= 15 is 0 Å². The van der Waals surface area contributed by atoms with Crippen LogP contribution in [0.1, 0.15) is 58.2 Å². The molecule has 0 aliphatic heterocycles. The van der Waals surface area contributed by atoms with Crippen LogP contribution in [-0.4, -0.2) is 26.3 Å². The van der Waals surface area contributed by atoms with Gasteiger partial charge in [0.25, 0.3) is 5.95 Å². The van der Waals surface area contributed by atoms with E-state index in [1.807, 2.05) is 12.1 Å². The molecule has 0 bridgehead atoms. The van der Waals surface area contributed by atoms with Gasteiger partial charge in [0.1, 0.15) is 5.75 Å². The van der Waals surface area contributed by atoms with Gasteiger partial charge in [0.15, 0.2) is 0 Å². The molecule has 0 amide bonds. The number of aliphatic imine (C=N–C) groups is 1. The van der Waals surface area contributed by atoms with Crippen molar-refractivity contribution in [3.8, 4) is 5.75 Å². The number of benzene rings is 1. The normalized spacial score (nSPS) is 12.7. The fourth-order valence-electron chi connectivity index (χ4n) is 2.46. The van der Waals surface area contributed by atoms with Crippen molar-refractivity contribution in [1.29, 1.82) is 0 Å². The molecule has 0 radical (unpaired) electrons. The van der Waals surface area contributed by atoms with Gasteiger partial charge in [0.05, 0.1) is 0 Å². The number of phenols is 1. The average Bonchev–Trinajstić information content (AvgIpc) is 2.42. The number of hydrogen-bond acceptors (Lipinski definition) is 7. The summed E-state index contributed by atoms with van der Waals surface area (Å²) in [6, 6.07) is 3.84. The molecule has 1 aromatic carbocycles. The maximum atomic E-state index is 10.7. The highest BCUT2D eigenvalue weighted by Gasteiger charge is 2.26. The van der Waals surface area contributed by atoms with Crippen LogP contribution in [0, 0.1) is 0 Å². The van der Waals surface area contributed by atoms with Crippen LogP contribution >= 0.6 is 0 Å². The first-order valence-corrected chi connectivity index (χ1v) is 8.07. The van der Waals surface area contributed by atoms with Crippen LogP contribution in [0.2, 0.25) is 0 Å². The Labute approximate surface area is 148 Å². The number of phenolic OH excluding ortho intramolecular Hbond substituents is 1. The zero-order valence-electron chi connectivity index (χ0n) is 15.6. The zero-order chi connectivity index (χ0) is 19.0. The summed E-state index contributed by atoms with van der Waals surface area (Å²) in [5.74, 6) is 0.519. The molecule has 0 atom stereocenters. The average molecular weight is 342 g/mol. The molecule has 7 nitrogen and oxygen atoms in total. The van der Waals surface area contributed by atoms with Crippen molar-refractivity contribution < 1.29 is 5.11 Å². The smallest absolute Gasteiger partial charge is 0.255 e. The molecular formula is C18H26N6O. The van der Waals surface area contributed by atoms with Crippen LogP contribution in [0.4, 0.5) is 17.8 Å². The molecule has 0 fully saturated rings. The van der Waals surface area contributed by atoms with E-state index in [2.05, 4.69) is 61.5 Å². The van der Waals surface area contributed by atoms with Crippen LogP contribution in [0.3, 0.4) is 0 Å². The highest BCUT2D eigenvalue weighted by Crippen LogP contribution is 2.39. The summed E-state index contributed by atoms with van der Waals surface area (Å²) in [6.07, 6.45) is 1.64. The van der Waals surface area contributed by atoms with Gasteiger partial charge in [-0.25, -0.2) is 4.99 Å². The Hall–Kier alpha value is -2.70. The SMILES string of the molecule is CC(C)(C)c1cc(/C=N/c2nc(N)nc(N)n2)cc(C(C)(C)C)c1O. The second-order valence-electron chi connectivity index (χ2n) is 8.07. The first kappa shape index (κ1) is 18.6. The summed E-state index contributed by atoms with van der Waals surface area (Å²) < 4.78 is 0. The zero-order valence-corrected chi connectivity index (χ0v) is 15.6. The Balaban J connectivity index is 2.56. The minimum atomic E-state index is -0.212. The highest BCUT2D eigenvalue weighted by molar-refractivity contribution is 5.83. The topological polar surface area (TPSA) is 123 Å². The summed E-state index contributed by atoms with van der Waals surface area (Å²) in [5.41, 5.74) is 13.3. The summed E-state index contributed by atoms with van der Waals surface area (Å²) in [7, 11) is 0. The van der Waals surface area contributed by atoms with Crippen molar-refractivity contribution >= 4 is 24.1 Å². The van der Waals surface area contributed by atoms with Crippen LogP contribution in [-0.2, 0) is 10.8 Å². The van der Waals surface area contributed by atoms with Gasteiger partial charge in [-0.2, -0.15) is 15.0 Å². The van der Waals surface area contributed by atoms with Crippen LogP contribution in [0.5, 0.6) is 5.75 Å². The predicted molar refractivity (Wildman–Crippen MR) is 101 cm³/mol. The Morgan fingerprint density at radius 1 is 0.880 bits per heavy atom.